The lowest BCUT2D eigenvalue weighted by Gasteiger charge is -2.18. The lowest BCUT2D eigenvalue weighted by atomic mass is 10.0. The third-order valence-corrected chi connectivity index (χ3v) is 15.3. The number of unbranched alkanes of at least 4 members (excludes halogenated alkanes) is 42. The van der Waals surface area contributed by atoms with Crippen molar-refractivity contribution in [1.82, 2.24) is 0 Å². The molecule has 0 spiro atoms. The molecule has 1 unspecified atom stereocenters. The molecule has 0 aliphatic rings. The molecule has 0 radical (unpaired) electrons. The lowest BCUT2D eigenvalue weighted by molar-refractivity contribution is -0.167. The van der Waals surface area contributed by atoms with E-state index < -0.39 is 6.10 Å². The van der Waals surface area contributed by atoms with E-state index in [-0.39, 0.29) is 31.1 Å². The molecule has 1 atom stereocenters. The summed E-state index contributed by atoms with van der Waals surface area (Å²) in [5, 5.41) is 0. The number of carbonyl (C=O) groups excluding carboxylic acids is 3. The molecule has 0 rings (SSSR count). The standard InChI is InChI=1S/C72H130O6/c1-4-7-10-13-16-19-22-25-28-31-33-34-35-36-37-38-39-42-44-47-50-53-56-59-62-65-71(74)77-68-69(67-76-70(73)64-61-58-55-52-49-46-43-40-30-27-24-21-18-15-12-9-6-3)78-72(75)66-63-60-57-54-51-48-45-41-32-29-26-23-20-17-14-11-8-5-2/h9,12,18,21-22,25,27,30-31,33,69H,4-8,10-11,13-17,19-20,23-24,26,28-29,32,34-68H2,1-3H3/b12-9-,21-18-,25-22-,30-27-,33-31-. The first kappa shape index (κ1) is 75.1. The molecule has 0 N–H and O–H groups in total. The van der Waals surface area contributed by atoms with Gasteiger partial charge in [-0.25, -0.2) is 0 Å². The largest absolute Gasteiger partial charge is 0.462 e. The first-order chi connectivity index (χ1) is 38.5. The van der Waals surface area contributed by atoms with Gasteiger partial charge >= 0.3 is 17.9 Å². The number of allylic oxidation sites excluding steroid dienone is 10. The van der Waals surface area contributed by atoms with Gasteiger partial charge in [-0.2, -0.15) is 0 Å². The maximum Gasteiger partial charge on any atom is 0.306 e. The summed E-state index contributed by atoms with van der Waals surface area (Å²) in [4.78, 5) is 38.4. The molecule has 0 aromatic carbocycles. The Morgan fingerprint density at radius 2 is 0.500 bits per heavy atom. The van der Waals surface area contributed by atoms with Crippen molar-refractivity contribution in [1.29, 1.82) is 0 Å². The van der Waals surface area contributed by atoms with E-state index in [1.165, 1.54) is 231 Å². The summed E-state index contributed by atoms with van der Waals surface area (Å²) in [6.07, 6.45) is 85.2. The molecular weight excluding hydrogens is 961 g/mol. The zero-order valence-electron chi connectivity index (χ0n) is 52.2. The van der Waals surface area contributed by atoms with Crippen LogP contribution in [0.25, 0.3) is 0 Å². The third-order valence-electron chi connectivity index (χ3n) is 15.3. The average molecular weight is 1090 g/mol. The van der Waals surface area contributed by atoms with Crippen LogP contribution >= 0.6 is 0 Å². The molecule has 0 fully saturated rings. The van der Waals surface area contributed by atoms with Crippen LogP contribution in [-0.2, 0) is 28.6 Å². The van der Waals surface area contributed by atoms with Crippen molar-refractivity contribution in [2.24, 2.45) is 0 Å². The summed E-state index contributed by atoms with van der Waals surface area (Å²) in [6.45, 7) is 6.57. The van der Waals surface area contributed by atoms with Crippen LogP contribution in [0.2, 0.25) is 0 Å². The Labute approximate surface area is 485 Å². The summed E-state index contributed by atoms with van der Waals surface area (Å²) in [5.74, 6) is -0.861. The second-order valence-corrected chi connectivity index (χ2v) is 23.1. The minimum Gasteiger partial charge on any atom is -0.462 e. The van der Waals surface area contributed by atoms with Gasteiger partial charge in [0, 0.05) is 19.3 Å². The molecule has 6 heteroatoms. The molecule has 0 aliphatic heterocycles. The first-order valence-electron chi connectivity index (χ1n) is 34.3. The highest BCUT2D eigenvalue weighted by molar-refractivity contribution is 5.71. The minimum atomic E-state index is -0.778. The van der Waals surface area contributed by atoms with Gasteiger partial charge in [-0.1, -0.05) is 319 Å². The van der Waals surface area contributed by atoms with Crippen LogP contribution in [0.3, 0.4) is 0 Å². The third kappa shape index (κ3) is 63.9. The van der Waals surface area contributed by atoms with Crippen LogP contribution in [0.15, 0.2) is 60.8 Å². The van der Waals surface area contributed by atoms with Gasteiger partial charge < -0.3 is 14.2 Å². The highest BCUT2D eigenvalue weighted by atomic mass is 16.6. The number of carbonyl (C=O) groups is 3. The van der Waals surface area contributed by atoms with Crippen LogP contribution in [0.4, 0.5) is 0 Å². The molecule has 454 valence electrons. The summed E-state index contributed by atoms with van der Waals surface area (Å²) >= 11 is 0. The molecule has 0 aromatic heterocycles. The van der Waals surface area contributed by atoms with Crippen molar-refractivity contribution in [3.63, 3.8) is 0 Å². The molecular formula is C72H130O6. The SMILES string of the molecule is CC/C=C\C/C=C\C/C=C\CCCCCCCCCC(=O)OCC(COC(=O)CCCCCCCCCCCCCCC/C=C\C/C=C\CCCCCCC)OC(=O)CCCCCCCCCCCCCCCCCCCC. The van der Waals surface area contributed by atoms with Gasteiger partial charge in [0.05, 0.1) is 0 Å². The molecule has 0 saturated carbocycles. The molecule has 0 bridgehead atoms. The van der Waals surface area contributed by atoms with Gasteiger partial charge in [-0.05, 0) is 83.5 Å². The predicted octanol–water partition coefficient (Wildman–Crippen LogP) is 23.5. The van der Waals surface area contributed by atoms with Crippen molar-refractivity contribution in [3.05, 3.63) is 60.8 Å². The normalized spacial score (nSPS) is 12.4. The number of rotatable bonds is 63. The maximum atomic E-state index is 12.9. The van der Waals surface area contributed by atoms with Crippen LogP contribution in [0.5, 0.6) is 0 Å². The fourth-order valence-corrected chi connectivity index (χ4v) is 10.1. The van der Waals surface area contributed by atoms with Crippen molar-refractivity contribution in [2.45, 2.75) is 367 Å². The molecule has 0 amide bonds. The summed E-state index contributed by atoms with van der Waals surface area (Å²) in [6, 6.07) is 0. The zero-order valence-corrected chi connectivity index (χ0v) is 52.2. The fraction of sp³-hybridized carbons (Fsp3) is 0.819. The zero-order chi connectivity index (χ0) is 56.4. The molecule has 0 heterocycles. The van der Waals surface area contributed by atoms with E-state index in [4.69, 9.17) is 14.2 Å². The van der Waals surface area contributed by atoms with Gasteiger partial charge in [-0.15, -0.1) is 0 Å². The highest BCUT2D eigenvalue weighted by Gasteiger charge is 2.19. The summed E-state index contributed by atoms with van der Waals surface area (Å²) in [5.41, 5.74) is 0. The second-order valence-electron chi connectivity index (χ2n) is 23.1. The number of ether oxygens (including phenoxy) is 3. The van der Waals surface area contributed by atoms with Crippen molar-refractivity contribution in [2.75, 3.05) is 13.2 Å². The Balaban J connectivity index is 4.30. The first-order valence-corrected chi connectivity index (χ1v) is 34.3. The van der Waals surface area contributed by atoms with E-state index in [0.717, 1.165) is 89.9 Å². The molecule has 0 aliphatic carbocycles. The summed E-state index contributed by atoms with van der Waals surface area (Å²) < 4.78 is 17.0. The highest BCUT2D eigenvalue weighted by Crippen LogP contribution is 2.18. The lowest BCUT2D eigenvalue weighted by Crippen LogP contribution is -2.30. The summed E-state index contributed by atoms with van der Waals surface area (Å²) in [7, 11) is 0. The number of hydrogen-bond acceptors (Lipinski definition) is 6. The molecule has 78 heavy (non-hydrogen) atoms. The van der Waals surface area contributed by atoms with E-state index in [0.29, 0.717) is 19.3 Å². The van der Waals surface area contributed by atoms with E-state index in [1.807, 2.05) is 0 Å². The van der Waals surface area contributed by atoms with Crippen molar-refractivity contribution < 1.29 is 28.6 Å². The number of esters is 3. The topological polar surface area (TPSA) is 78.9 Å². The van der Waals surface area contributed by atoms with Crippen LogP contribution in [-0.4, -0.2) is 37.2 Å². The van der Waals surface area contributed by atoms with E-state index in [9.17, 15) is 14.4 Å². The fourth-order valence-electron chi connectivity index (χ4n) is 10.1. The Morgan fingerprint density at radius 3 is 0.782 bits per heavy atom. The van der Waals surface area contributed by atoms with Crippen LogP contribution in [0.1, 0.15) is 361 Å². The Kier molecular flexibility index (Phi) is 64.2. The molecule has 0 saturated heterocycles. The second kappa shape index (κ2) is 66.6. The van der Waals surface area contributed by atoms with Gasteiger partial charge in [0.15, 0.2) is 6.10 Å². The molecule has 6 nitrogen and oxygen atoms in total. The average Bonchev–Trinajstić information content (AvgIpc) is 3.44. The minimum absolute atomic E-state index is 0.0739. The molecule has 0 aromatic rings. The van der Waals surface area contributed by atoms with Gasteiger partial charge in [-0.3, -0.25) is 14.4 Å². The maximum absolute atomic E-state index is 12.9. The van der Waals surface area contributed by atoms with Gasteiger partial charge in [0.2, 0.25) is 0 Å². The number of hydrogen-bond donors (Lipinski definition) is 0. The van der Waals surface area contributed by atoms with Crippen LogP contribution in [0, 0.1) is 0 Å². The van der Waals surface area contributed by atoms with E-state index >= 15 is 0 Å². The smallest absolute Gasteiger partial charge is 0.306 e. The van der Waals surface area contributed by atoms with Gasteiger partial charge in [0.25, 0.3) is 0 Å². The Bertz CT molecular complexity index is 1390. The van der Waals surface area contributed by atoms with Crippen molar-refractivity contribution >= 4 is 17.9 Å². The van der Waals surface area contributed by atoms with E-state index in [2.05, 4.69) is 81.5 Å². The van der Waals surface area contributed by atoms with E-state index in [1.54, 1.807) is 0 Å². The van der Waals surface area contributed by atoms with Crippen LogP contribution < -0.4 is 0 Å². The Hall–Kier alpha value is -2.89. The van der Waals surface area contributed by atoms with Crippen molar-refractivity contribution in [3.8, 4) is 0 Å². The quantitative estimate of drug-likeness (QED) is 0.0261. The van der Waals surface area contributed by atoms with Gasteiger partial charge in [0.1, 0.15) is 13.2 Å². The Morgan fingerprint density at radius 1 is 0.269 bits per heavy atom. The monoisotopic (exact) mass is 1090 g/mol. The predicted molar refractivity (Wildman–Crippen MR) is 339 cm³/mol.